The molecule has 0 saturated heterocycles. The van der Waals surface area contributed by atoms with E-state index in [1.165, 1.54) is 16.0 Å². The van der Waals surface area contributed by atoms with Crippen LogP contribution in [-0.4, -0.2) is 0 Å². The molecule has 0 fully saturated rings. The van der Waals surface area contributed by atoms with Crippen LogP contribution in [0.25, 0.3) is 0 Å². The molecule has 0 saturated carbocycles. The summed E-state index contributed by atoms with van der Waals surface area (Å²) in [5.41, 5.74) is 8.75. The highest BCUT2D eigenvalue weighted by Crippen LogP contribution is 2.27. The minimum atomic E-state index is 0.0963. The summed E-state index contributed by atoms with van der Waals surface area (Å²) in [6, 6.07) is 12.8. The van der Waals surface area contributed by atoms with Crippen molar-refractivity contribution in [3.8, 4) is 0 Å². The monoisotopic (exact) mass is 295 g/mol. The van der Waals surface area contributed by atoms with Crippen LogP contribution in [0.2, 0.25) is 0 Å². The van der Waals surface area contributed by atoms with Crippen LogP contribution in [0, 0.1) is 6.92 Å². The van der Waals surface area contributed by atoms with Crippen molar-refractivity contribution in [2.75, 3.05) is 0 Å². The molecule has 0 radical (unpaired) electrons. The molecule has 0 bridgehead atoms. The molecule has 2 rings (SSSR count). The fourth-order valence-electron chi connectivity index (χ4n) is 1.61. The van der Waals surface area contributed by atoms with Crippen molar-refractivity contribution >= 4 is 27.3 Å². The van der Waals surface area contributed by atoms with E-state index in [-0.39, 0.29) is 6.04 Å². The van der Waals surface area contributed by atoms with Gasteiger partial charge in [0.15, 0.2) is 0 Å². The molecular formula is C13H14BrNS. The van der Waals surface area contributed by atoms with E-state index in [0.717, 1.165) is 10.2 Å². The second kappa shape index (κ2) is 5.13. The van der Waals surface area contributed by atoms with Gasteiger partial charge in [-0.3, -0.25) is 0 Å². The number of rotatable bonds is 3. The molecule has 0 aliphatic heterocycles. The minimum absolute atomic E-state index is 0.0963. The molecule has 1 aromatic heterocycles. The average Bonchev–Trinajstić information content (AvgIpc) is 2.68. The second-order valence-corrected chi connectivity index (χ2v) is 6.43. The lowest BCUT2D eigenvalue weighted by atomic mass is 10.0. The Bertz CT molecular complexity index is 461. The first kappa shape index (κ1) is 11.8. The van der Waals surface area contributed by atoms with E-state index in [4.69, 9.17) is 5.73 Å². The molecule has 1 aromatic carbocycles. The molecule has 0 spiro atoms. The first-order valence-corrected chi connectivity index (χ1v) is 6.82. The van der Waals surface area contributed by atoms with Gasteiger partial charge in [0.25, 0.3) is 0 Å². The van der Waals surface area contributed by atoms with Crippen molar-refractivity contribution in [2.24, 2.45) is 5.73 Å². The Morgan fingerprint density at radius 2 is 1.88 bits per heavy atom. The zero-order valence-corrected chi connectivity index (χ0v) is 11.5. The molecule has 0 aliphatic carbocycles. The SMILES string of the molecule is Cc1ccc(CC(N)c2ccc(Br)s2)cc1. The highest BCUT2D eigenvalue weighted by molar-refractivity contribution is 9.11. The van der Waals surface area contributed by atoms with Crippen molar-refractivity contribution in [1.82, 2.24) is 0 Å². The van der Waals surface area contributed by atoms with Crippen molar-refractivity contribution < 1.29 is 0 Å². The molecule has 0 aliphatic rings. The van der Waals surface area contributed by atoms with Gasteiger partial charge in [-0.2, -0.15) is 0 Å². The van der Waals surface area contributed by atoms with Crippen molar-refractivity contribution in [2.45, 2.75) is 19.4 Å². The third-order valence-corrected chi connectivity index (χ3v) is 4.29. The Morgan fingerprint density at radius 1 is 1.19 bits per heavy atom. The normalized spacial score (nSPS) is 12.7. The molecule has 16 heavy (non-hydrogen) atoms. The zero-order valence-electron chi connectivity index (χ0n) is 9.11. The summed E-state index contributed by atoms with van der Waals surface area (Å²) >= 11 is 5.17. The number of aryl methyl sites for hydroxylation is 1. The highest BCUT2D eigenvalue weighted by Gasteiger charge is 2.09. The van der Waals surface area contributed by atoms with Crippen molar-refractivity contribution in [3.63, 3.8) is 0 Å². The average molecular weight is 296 g/mol. The fraction of sp³-hybridized carbons (Fsp3) is 0.231. The van der Waals surface area contributed by atoms with E-state index in [0.29, 0.717) is 0 Å². The summed E-state index contributed by atoms with van der Waals surface area (Å²) in [7, 11) is 0. The predicted octanol–water partition coefficient (Wildman–Crippen LogP) is 4.06. The van der Waals surface area contributed by atoms with E-state index in [1.807, 2.05) is 0 Å². The second-order valence-electron chi connectivity index (χ2n) is 3.94. The lowest BCUT2D eigenvalue weighted by molar-refractivity contribution is 0.736. The Balaban J connectivity index is 2.07. The first-order chi connectivity index (χ1) is 7.65. The van der Waals surface area contributed by atoms with E-state index in [9.17, 15) is 0 Å². The van der Waals surface area contributed by atoms with Crippen molar-refractivity contribution in [1.29, 1.82) is 0 Å². The standard InChI is InChI=1S/C13H14BrNS/c1-9-2-4-10(5-3-9)8-11(15)12-6-7-13(14)16-12/h2-7,11H,8,15H2,1H3. The summed E-state index contributed by atoms with van der Waals surface area (Å²) in [5, 5.41) is 0. The Kier molecular flexibility index (Phi) is 3.79. The van der Waals surface area contributed by atoms with Gasteiger partial charge in [0, 0.05) is 10.9 Å². The molecular weight excluding hydrogens is 282 g/mol. The third kappa shape index (κ3) is 2.94. The van der Waals surface area contributed by atoms with Crippen LogP contribution in [0.5, 0.6) is 0 Å². The summed E-state index contributed by atoms with van der Waals surface area (Å²) in [6.45, 7) is 2.10. The quantitative estimate of drug-likeness (QED) is 0.908. The topological polar surface area (TPSA) is 26.0 Å². The van der Waals surface area contributed by atoms with Crippen LogP contribution in [0.4, 0.5) is 0 Å². The molecule has 0 amide bonds. The minimum Gasteiger partial charge on any atom is -0.323 e. The lowest BCUT2D eigenvalue weighted by Gasteiger charge is -2.09. The van der Waals surface area contributed by atoms with Crippen LogP contribution in [0.3, 0.4) is 0 Å². The summed E-state index contributed by atoms with van der Waals surface area (Å²) in [4.78, 5) is 1.23. The van der Waals surface area contributed by atoms with Crippen LogP contribution in [0.15, 0.2) is 40.2 Å². The van der Waals surface area contributed by atoms with Crippen LogP contribution in [0.1, 0.15) is 22.0 Å². The van der Waals surface area contributed by atoms with E-state index < -0.39 is 0 Å². The number of hydrogen-bond acceptors (Lipinski definition) is 2. The van der Waals surface area contributed by atoms with Gasteiger partial charge in [0.1, 0.15) is 0 Å². The maximum absolute atomic E-state index is 6.17. The lowest BCUT2D eigenvalue weighted by Crippen LogP contribution is -2.11. The van der Waals surface area contributed by atoms with Gasteiger partial charge in [-0.25, -0.2) is 0 Å². The summed E-state index contributed by atoms with van der Waals surface area (Å²) in [6.07, 6.45) is 0.896. The van der Waals surface area contributed by atoms with Gasteiger partial charge in [0.2, 0.25) is 0 Å². The van der Waals surface area contributed by atoms with Gasteiger partial charge in [-0.1, -0.05) is 29.8 Å². The van der Waals surface area contributed by atoms with E-state index >= 15 is 0 Å². The maximum atomic E-state index is 6.17. The third-order valence-electron chi connectivity index (χ3n) is 2.54. The highest BCUT2D eigenvalue weighted by atomic mass is 79.9. The van der Waals surface area contributed by atoms with Gasteiger partial charge in [0.05, 0.1) is 3.79 Å². The van der Waals surface area contributed by atoms with Gasteiger partial charge in [-0.15, -0.1) is 11.3 Å². The van der Waals surface area contributed by atoms with Crippen LogP contribution >= 0.6 is 27.3 Å². The van der Waals surface area contributed by atoms with E-state index in [1.54, 1.807) is 11.3 Å². The van der Waals surface area contributed by atoms with Crippen molar-refractivity contribution in [3.05, 3.63) is 56.2 Å². The fourth-order valence-corrected chi connectivity index (χ4v) is 3.03. The van der Waals surface area contributed by atoms with E-state index in [2.05, 4.69) is 59.3 Å². The number of nitrogens with two attached hydrogens (primary N) is 1. The molecule has 1 atom stereocenters. The molecule has 1 unspecified atom stereocenters. The number of hydrogen-bond donors (Lipinski definition) is 1. The molecule has 1 nitrogen and oxygen atoms in total. The smallest absolute Gasteiger partial charge is 0.0701 e. The zero-order chi connectivity index (χ0) is 11.5. The molecule has 84 valence electrons. The molecule has 2 N–H and O–H groups in total. The first-order valence-electron chi connectivity index (χ1n) is 5.21. The molecule has 2 aromatic rings. The predicted molar refractivity (Wildman–Crippen MR) is 73.8 cm³/mol. The number of benzene rings is 1. The number of thiophene rings is 1. The Labute approximate surface area is 108 Å². The van der Waals surface area contributed by atoms with Crippen LogP contribution < -0.4 is 5.73 Å². The van der Waals surface area contributed by atoms with Gasteiger partial charge >= 0.3 is 0 Å². The molecule has 1 heterocycles. The van der Waals surface area contributed by atoms with Gasteiger partial charge < -0.3 is 5.73 Å². The maximum Gasteiger partial charge on any atom is 0.0701 e. The Morgan fingerprint density at radius 3 is 2.44 bits per heavy atom. The molecule has 3 heteroatoms. The summed E-state index contributed by atoms with van der Waals surface area (Å²) < 4.78 is 1.14. The van der Waals surface area contributed by atoms with Crippen LogP contribution in [-0.2, 0) is 6.42 Å². The summed E-state index contributed by atoms with van der Waals surface area (Å²) in [5.74, 6) is 0. The largest absolute Gasteiger partial charge is 0.323 e. The van der Waals surface area contributed by atoms with Gasteiger partial charge in [-0.05, 0) is 47.0 Å². The Hall–Kier alpha value is -0.640. The number of halogens is 1.